The van der Waals surface area contributed by atoms with Crippen LogP contribution in [0.3, 0.4) is 0 Å². The van der Waals surface area contributed by atoms with Gasteiger partial charge in [0.25, 0.3) is 0 Å². The van der Waals surface area contributed by atoms with Crippen LogP contribution in [-0.2, 0) is 4.74 Å². The molecule has 0 fully saturated rings. The first kappa shape index (κ1) is 18.6. The molecule has 3 aromatic heterocycles. The number of hydrogen-bond acceptors (Lipinski definition) is 5. The molecule has 0 bridgehead atoms. The summed E-state index contributed by atoms with van der Waals surface area (Å²) in [5.41, 5.74) is 2.04. The van der Waals surface area contributed by atoms with E-state index in [2.05, 4.69) is 9.97 Å². The van der Waals surface area contributed by atoms with E-state index in [1.165, 1.54) is 16.8 Å². The van der Waals surface area contributed by atoms with Gasteiger partial charge in [-0.1, -0.05) is 0 Å². The number of benzene rings is 1. The summed E-state index contributed by atoms with van der Waals surface area (Å²) in [6.07, 6.45) is 2.55. The third kappa shape index (κ3) is 3.41. The molecule has 0 saturated heterocycles. The third-order valence-electron chi connectivity index (χ3n) is 4.31. The summed E-state index contributed by atoms with van der Waals surface area (Å²) in [4.78, 5) is 21.6. The third-order valence-corrected chi connectivity index (χ3v) is 4.31. The highest BCUT2D eigenvalue weighted by atomic mass is 19.1. The number of pyridine rings is 2. The first-order chi connectivity index (χ1) is 13.8. The molecule has 3 heterocycles. The lowest BCUT2D eigenvalue weighted by molar-refractivity contribution is 0.0544. The van der Waals surface area contributed by atoms with Gasteiger partial charge in [-0.15, -0.1) is 0 Å². The number of ether oxygens (including phenoxy) is 1. The van der Waals surface area contributed by atoms with E-state index in [4.69, 9.17) is 4.74 Å². The number of nitriles is 1. The average Bonchev–Trinajstić information content (AvgIpc) is 3.05. The van der Waals surface area contributed by atoms with E-state index >= 15 is 0 Å². The van der Waals surface area contributed by atoms with Crippen molar-refractivity contribution in [3.63, 3.8) is 0 Å². The predicted octanol–water partition coefficient (Wildman–Crippen LogP) is 5.05. The summed E-state index contributed by atoms with van der Waals surface area (Å²) in [6, 6.07) is 11.5. The summed E-state index contributed by atoms with van der Waals surface area (Å²) in [5, 5.41) is 9.92. The van der Waals surface area contributed by atoms with Crippen LogP contribution in [0.2, 0.25) is 0 Å². The minimum atomic E-state index is -0.729. The van der Waals surface area contributed by atoms with Gasteiger partial charge in [0, 0.05) is 23.3 Å². The minimum absolute atomic E-state index is 0.0413. The van der Waals surface area contributed by atoms with Crippen molar-refractivity contribution in [1.29, 1.82) is 5.26 Å². The molecular weight excluding hydrogens is 371 g/mol. The van der Waals surface area contributed by atoms with Crippen molar-refractivity contribution in [2.75, 3.05) is 0 Å². The fourth-order valence-corrected chi connectivity index (χ4v) is 3.18. The van der Waals surface area contributed by atoms with Crippen LogP contribution >= 0.6 is 0 Å². The molecule has 144 valence electrons. The Morgan fingerprint density at radius 2 is 2.00 bits per heavy atom. The average molecular weight is 388 g/mol. The molecular formula is C22H17FN4O2. The fraction of sp³-hybridized carbons (Fsp3) is 0.182. The number of aromatic nitrogens is 3. The van der Waals surface area contributed by atoms with Gasteiger partial charge in [0.1, 0.15) is 17.5 Å². The highest BCUT2D eigenvalue weighted by molar-refractivity contribution is 6.03. The molecule has 0 spiro atoms. The lowest BCUT2D eigenvalue weighted by Crippen LogP contribution is -2.26. The Morgan fingerprint density at radius 3 is 2.72 bits per heavy atom. The molecule has 0 unspecified atom stereocenters. The Bertz CT molecular complexity index is 1310. The quantitative estimate of drug-likeness (QED) is 0.456. The Kier molecular flexibility index (Phi) is 4.27. The van der Waals surface area contributed by atoms with E-state index in [1.807, 2.05) is 12.1 Å². The van der Waals surface area contributed by atoms with Crippen LogP contribution in [0.4, 0.5) is 9.18 Å². The summed E-state index contributed by atoms with van der Waals surface area (Å²) in [5.74, 6) is -0.570. The number of nitrogens with zero attached hydrogens (tertiary/aromatic N) is 4. The number of rotatable bonds is 1. The van der Waals surface area contributed by atoms with Crippen molar-refractivity contribution in [3.8, 4) is 17.3 Å². The summed E-state index contributed by atoms with van der Waals surface area (Å²) >= 11 is 0. The normalized spacial score (nSPS) is 11.6. The number of hydrogen-bond donors (Lipinski definition) is 0. The molecule has 0 N–H and O–H groups in total. The van der Waals surface area contributed by atoms with Crippen LogP contribution in [-0.4, -0.2) is 26.2 Å². The van der Waals surface area contributed by atoms with Crippen molar-refractivity contribution in [2.24, 2.45) is 0 Å². The maximum atomic E-state index is 14.2. The first-order valence-electron chi connectivity index (χ1n) is 8.97. The lowest BCUT2D eigenvalue weighted by Gasteiger charge is -2.19. The lowest BCUT2D eigenvalue weighted by atomic mass is 10.1. The topological polar surface area (TPSA) is 80.8 Å². The number of fused-ring (bicyclic) bond motifs is 2. The fourth-order valence-electron chi connectivity index (χ4n) is 3.18. The minimum Gasteiger partial charge on any atom is -0.443 e. The van der Waals surface area contributed by atoms with Gasteiger partial charge in [-0.25, -0.2) is 14.2 Å². The maximum absolute atomic E-state index is 14.2. The van der Waals surface area contributed by atoms with Gasteiger partial charge < -0.3 is 4.74 Å². The molecule has 0 aliphatic carbocycles. The Labute approximate surface area is 166 Å². The molecule has 29 heavy (non-hydrogen) atoms. The largest absolute Gasteiger partial charge is 0.443 e. The zero-order valence-electron chi connectivity index (χ0n) is 16.1. The van der Waals surface area contributed by atoms with E-state index in [0.717, 1.165) is 11.6 Å². The summed E-state index contributed by atoms with van der Waals surface area (Å²) in [7, 11) is 0. The van der Waals surface area contributed by atoms with Crippen LogP contribution in [0.15, 0.2) is 48.8 Å². The molecule has 0 aliphatic heterocycles. The second kappa shape index (κ2) is 6.67. The summed E-state index contributed by atoms with van der Waals surface area (Å²) < 4.78 is 20.9. The number of carbonyl (C=O) groups excluding carboxylic acids is 1. The SMILES string of the molecule is CC(C)(C)OC(=O)n1cc(-c2ccc3ncccc3n2)c2cc(F)cc(C#N)c21. The highest BCUT2D eigenvalue weighted by Gasteiger charge is 2.24. The van der Waals surface area contributed by atoms with Crippen molar-refractivity contribution in [1.82, 2.24) is 14.5 Å². The Morgan fingerprint density at radius 1 is 1.21 bits per heavy atom. The van der Waals surface area contributed by atoms with Gasteiger partial charge >= 0.3 is 6.09 Å². The molecule has 4 rings (SSSR count). The van der Waals surface area contributed by atoms with Gasteiger partial charge in [-0.3, -0.25) is 9.55 Å². The molecule has 0 radical (unpaired) electrons. The second-order valence-corrected chi connectivity index (χ2v) is 7.59. The monoisotopic (exact) mass is 388 g/mol. The van der Waals surface area contributed by atoms with Gasteiger partial charge in [-0.05, 0) is 57.2 Å². The molecule has 0 atom stereocenters. The van der Waals surface area contributed by atoms with E-state index in [1.54, 1.807) is 45.2 Å². The van der Waals surface area contributed by atoms with Gasteiger partial charge in [0.05, 0.1) is 27.8 Å². The maximum Gasteiger partial charge on any atom is 0.419 e. The van der Waals surface area contributed by atoms with E-state index in [9.17, 15) is 14.4 Å². The number of carbonyl (C=O) groups is 1. The van der Waals surface area contributed by atoms with Crippen molar-refractivity contribution in [2.45, 2.75) is 26.4 Å². The van der Waals surface area contributed by atoms with Crippen LogP contribution < -0.4 is 0 Å². The van der Waals surface area contributed by atoms with E-state index in [-0.39, 0.29) is 11.1 Å². The van der Waals surface area contributed by atoms with Crippen molar-refractivity contribution in [3.05, 3.63) is 60.2 Å². The molecule has 1 aromatic carbocycles. The van der Waals surface area contributed by atoms with E-state index < -0.39 is 17.5 Å². The number of halogens is 1. The molecule has 0 saturated carbocycles. The van der Waals surface area contributed by atoms with Crippen molar-refractivity contribution >= 4 is 28.0 Å². The van der Waals surface area contributed by atoms with Crippen LogP contribution in [0.25, 0.3) is 33.2 Å². The van der Waals surface area contributed by atoms with Crippen molar-refractivity contribution < 1.29 is 13.9 Å². The standard InChI is InChI=1S/C22H17FN4O2/c1-22(2,3)29-21(28)27-12-16(15-10-14(23)9-13(11-24)20(15)27)17-6-7-18-19(26-17)5-4-8-25-18/h4-10,12H,1-3H3. The highest BCUT2D eigenvalue weighted by Crippen LogP contribution is 2.33. The first-order valence-corrected chi connectivity index (χ1v) is 8.97. The smallest absolute Gasteiger partial charge is 0.419 e. The summed E-state index contributed by atoms with van der Waals surface area (Å²) in [6.45, 7) is 5.25. The Balaban J connectivity index is 2.00. The molecule has 6 nitrogen and oxygen atoms in total. The van der Waals surface area contributed by atoms with Crippen LogP contribution in [0.5, 0.6) is 0 Å². The second-order valence-electron chi connectivity index (χ2n) is 7.59. The van der Waals surface area contributed by atoms with Crippen LogP contribution in [0, 0.1) is 17.1 Å². The van der Waals surface area contributed by atoms with Gasteiger partial charge in [-0.2, -0.15) is 5.26 Å². The molecule has 4 aromatic rings. The van der Waals surface area contributed by atoms with Gasteiger partial charge in [0.15, 0.2) is 0 Å². The molecule has 7 heteroatoms. The molecule has 0 amide bonds. The predicted molar refractivity (Wildman–Crippen MR) is 107 cm³/mol. The van der Waals surface area contributed by atoms with Crippen LogP contribution in [0.1, 0.15) is 26.3 Å². The Hall–Kier alpha value is -3.79. The van der Waals surface area contributed by atoms with E-state index in [0.29, 0.717) is 22.2 Å². The molecule has 0 aliphatic rings. The zero-order chi connectivity index (χ0) is 20.8. The van der Waals surface area contributed by atoms with Gasteiger partial charge in [0.2, 0.25) is 0 Å². The zero-order valence-corrected chi connectivity index (χ0v) is 16.1.